The topological polar surface area (TPSA) is 88.6 Å². The summed E-state index contributed by atoms with van der Waals surface area (Å²) in [6.07, 6.45) is 0.910. The quantitative estimate of drug-likeness (QED) is 0.587. The van der Waals surface area contributed by atoms with Crippen LogP contribution in [-0.2, 0) is 21.3 Å². The van der Waals surface area contributed by atoms with E-state index in [4.69, 9.17) is 16.4 Å². The maximum atomic E-state index is 12.6. The fourth-order valence-electron chi connectivity index (χ4n) is 2.49. The molecule has 0 unspecified atom stereocenters. The largest absolute Gasteiger partial charge is 0.298 e. The van der Waals surface area contributed by atoms with Gasteiger partial charge in [0, 0.05) is 12.6 Å². The van der Waals surface area contributed by atoms with E-state index in [2.05, 4.69) is 17.2 Å². The number of fused-ring (bicyclic) bond motifs is 1. The number of carbonyl (C=O) groups is 1. The Hall–Kier alpha value is -2.04. The molecule has 7 nitrogen and oxygen atoms in total. The first kappa shape index (κ1) is 20.7. The molecule has 3 aromatic rings. The predicted octanol–water partition coefficient (Wildman–Crippen LogP) is 3.95. The molecule has 1 aromatic heterocycles. The van der Waals surface area contributed by atoms with Crippen LogP contribution in [0.4, 0.5) is 5.13 Å². The molecule has 28 heavy (non-hydrogen) atoms. The van der Waals surface area contributed by atoms with E-state index < -0.39 is 15.9 Å². The van der Waals surface area contributed by atoms with Crippen molar-refractivity contribution in [3.05, 3.63) is 52.5 Å². The van der Waals surface area contributed by atoms with Crippen molar-refractivity contribution in [3.63, 3.8) is 0 Å². The van der Waals surface area contributed by atoms with E-state index in [1.165, 1.54) is 49.3 Å². The van der Waals surface area contributed by atoms with Crippen LogP contribution in [0.3, 0.4) is 0 Å². The molecule has 0 aliphatic rings. The molecule has 0 saturated heterocycles. The number of hydrogen-bond donors (Lipinski definition) is 1. The lowest BCUT2D eigenvalue weighted by Crippen LogP contribution is -2.26. The van der Waals surface area contributed by atoms with Gasteiger partial charge in [-0.05, 0) is 42.3 Å². The van der Waals surface area contributed by atoms with Crippen LogP contribution < -0.4 is 5.32 Å². The van der Waals surface area contributed by atoms with E-state index in [0.29, 0.717) is 9.60 Å². The number of nitrogens with zero attached hydrogens (tertiary/aromatic N) is 2. The van der Waals surface area contributed by atoms with Gasteiger partial charge in [0.25, 0.3) is 15.9 Å². The first-order chi connectivity index (χ1) is 13.3. The normalized spacial score (nSPS) is 11.9. The average Bonchev–Trinajstić information content (AvgIpc) is 3.08. The second kappa shape index (κ2) is 8.14. The highest BCUT2D eigenvalue weighted by Crippen LogP contribution is 2.29. The lowest BCUT2D eigenvalue weighted by molar-refractivity contribution is -0.0258. The summed E-state index contributed by atoms with van der Waals surface area (Å²) in [7, 11) is -1.53. The van der Waals surface area contributed by atoms with Gasteiger partial charge in [0.15, 0.2) is 5.13 Å². The third-order valence-corrected chi connectivity index (χ3v) is 7.24. The van der Waals surface area contributed by atoms with E-state index in [1.54, 1.807) is 0 Å². The van der Waals surface area contributed by atoms with Gasteiger partial charge in [0.1, 0.15) is 4.90 Å². The van der Waals surface area contributed by atoms with Gasteiger partial charge in [-0.3, -0.25) is 14.9 Å². The zero-order valence-electron chi connectivity index (χ0n) is 15.4. The summed E-state index contributed by atoms with van der Waals surface area (Å²) in [5.41, 5.74) is 2.11. The summed E-state index contributed by atoms with van der Waals surface area (Å²) in [5, 5.41) is 3.14. The number of aryl methyl sites for hydroxylation is 1. The minimum atomic E-state index is -3.99. The Balaban J connectivity index is 1.90. The number of hydroxylamine groups is 1. The monoisotopic (exact) mass is 439 g/mol. The molecule has 0 spiro atoms. The standard InChI is InChI=1S/C18H18ClN3O4S2/c1-4-11-5-8-14-15(9-11)27-18(20-14)21-17(23)12-6-7-13(19)16(10-12)28(24,25)22(2)26-3/h5-10H,4H2,1-3H3,(H,20,21,23). The lowest BCUT2D eigenvalue weighted by atomic mass is 10.2. The molecule has 2 aromatic carbocycles. The van der Waals surface area contributed by atoms with Gasteiger partial charge in [-0.25, -0.2) is 13.4 Å². The molecule has 0 aliphatic heterocycles. The zero-order chi connectivity index (χ0) is 20.5. The van der Waals surface area contributed by atoms with Gasteiger partial charge in [-0.15, -0.1) is 0 Å². The number of thiazole rings is 1. The van der Waals surface area contributed by atoms with Crippen molar-refractivity contribution in [1.82, 2.24) is 9.45 Å². The Labute approximate surface area is 171 Å². The molecule has 0 radical (unpaired) electrons. The van der Waals surface area contributed by atoms with E-state index >= 15 is 0 Å². The second-order valence-corrected chi connectivity index (χ2v) is 9.21. The van der Waals surface area contributed by atoms with Crippen molar-refractivity contribution in [2.45, 2.75) is 18.2 Å². The molecule has 0 aliphatic carbocycles. The Morgan fingerprint density at radius 3 is 2.71 bits per heavy atom. The number of aromatic nitrogens is 1. The highest BCUT2D eigenvalue weighted by molar-refractivity contribution is 7.89. The minimum absolute atomic E-state index is 0.00691. The molecule has 3 rings (SSSR count). The molecular formula is C18H18ClN3O4S2. The molecule has 148 valence electrons. The summed E-state index contributed by atoms with van der Waals surface area (Å²) in [5.74, 6) is -0.483. The van der Waals surface area contributed by atoms with Crippen LogP contribution in [0.15, 0.2) is 41.3 Å². The van der Waals surface area contributed by atoms with Crippen molar-refractivity contribution in [2.24, 2.45) is 0 Å². The van der Waals surface area contributed by atoms with Crippen molar-refractivity contribution < 1.29 is 18.0 Å². The molecule has 1 heterocycles. The number of anilines is 1. The van der Waals surface area contributed by atoms with Crippen molar-refractivity contribution in [3.8, 4) is 0 Å². The Morgan fingerprint density at radius 1 is 1.29 bits per heavy atom. The van der Waals surface area contributed by atoms with Crippen LogP contribution in [0.1, 0.15) is 22.8 Å². The number of rotatable bonds is 6. The first-order valence-electron chi connectivity index (χ1n) is 8.29. The smallest absolute Gasteiger partial charge is 0.266 e. The highest BCUT2D eigenvalue weighted by atomic mass is 35.5. The molecular weight excluding hydrogens is 422 g/mol. The summed E-state index contributed by atoms with van der Waals surface area (Å²) in [6.45, 7) is 2.07. The van der Waals surface area contributed by atoms with E-state index in [-0.39, 0.29) is 15.5 Å². The van der Waals surface area contributed by atoms with Crippen LogP contribution in [0.2, 0.25) is 5.02 Å². The van der Waals surface area contributed by atoms with E-state index in [0.717, 1.165) is 16.6 Å². The van der Waals surface area contributed by atoms with Gasteiger partial charge in [-0.2, -0.15) is 0 Å². The van der Waals surface area contributed by atoms with Gasteiger partial charge in [0.2, 0.25) is 0 Å². The molecule has 1 amide bonds. The van der Waals surface area contributed by atoms with Crippen LogP contribution in [0.5, 0.6) is 0 Å². The van der Waals surface area contributed by atoms with Crippen molar-refractivity contribution >= 4 is 54.2 Å². The van der Waals surface area contributed by atoms with E-state index in [1.807, 2.05) is 18.2 Å². The number of nitrogens with one attached hydrogen (secondary N) is 1. The maximum absolute atomic E-state index is 12.6. The van der Waals surface area contributed by atoms with Crippen LogP contribution in [0.25, 0.3) is 10.2 Å². The fourth-order valence-corrected chi connectivity index (χ4v) is 4.89. The third-order valence-electron chi connectivity index (χ3n) is 4.15. The third kappa shape index (κ3) is 4.03. The van der Waals surface area contributed by atoms with Crippen LogP contribution >= 0.6 is 22.9 Å². The first-order valence-corrected chi connectivity index (χ1v) is 10.9. The number of carbonyl (C=O) groups excluding carboxylic acids is 1. The maximum Gasteiger partial charge on any atom is 0.266 e. The SMILES string of the molecule is CCc1ccc2nc(NC(=O)c3ccc(Cl)c(S(=O)(=O)N(C)OC)c3)sc2c1. The van der Waals surface area contributed by atoms with Crippen LogP contribution in [-0.4, -0.2) is 37.9 Å². The lowest BCUT2D eigenvalue weighted by Gasteiger charge is -2.15. The zero-order valence-corrected chi connectivity index (χ0v) is 17.8. The number of halogens is 1. The fraction of sp³-hybridized carbons (Fsp3) is 0.222. The molecule has 1 N–H and O–H groups in total. The molecule has 10 heteroatoms. The summed E-state index contributed by atoms with van der Waals surface area (Å²) in [6, 6.07) is 9.97. The van der Waals surface area contributed by atoms with Gasteiger partial charge in [0.05, 0.1) is 22.3 Å². The highest BCUT2D eigenvalue weighted by Gasteiger charge is 2.25. The van der Waals surface area contributed by atoms with Crippen molar-refractivity contribution in [1.29, 1.82) is 0 Å². The Morgan fingerprint density at radius 2 is 2.04 bits per heavy atom. The molecule has 0 atom stereocenters. The molecule has 0 bridgehead atoms. The summed E-state index contributed by atoms with van der Waals surface area (Å²) < 4.78 is 26.6. The van der Waals surface area contributed by atoms with Gasteiger partial charge >= 0.3 is 0 Å². The summed E-state index contributed by atoms with van der Waals surface area (Å²) in [4.78, 5) is 21.5. The second-order valence-electron chi connectivity index (χ2n) is 5.87. The number of benzene rings is 2. The van der Waals surface area contributed by atoms with Gasteiger partial charge in [-0.1, -0.05) is 40.4 Å². The summed E-state index contributed by atoms with van der Waals surface area (Å²) >= 11 is 7.38. The number of sulfonamides is 1. The predicted molar refractivity (Wildman–Crippen MR) is 110 cm³/mol. The van der Waals surface area contributed by atoms with E-state index in [9.17, 15) is 13.2 Å². The number of hydrogen-bond acceptors (Lipinski definition) is 6. The Bertz CT molecular complexity index is 1140. The van der Waals surface area contributed by atoms with Gasteiger partial charge < -0.3 is 0 Å². The minimum Gasteiger partial charge on any atom is -0.298 e. The number of amides is 1. The molecule has 0 fully saturated rings. The van der Waals surface area contributed by atoms with Crippen molar-refractivity contribution in [2.75, 3.05) is 19.5 Å². The average molecular weight is 440 g/mol. The molecule has 0 saturated carbocycles. The van der Waals surface area contributed by atoms with Crippen LogP contribution in [0, 0.1) is 0 Å². The Kier molecular flexibility index (Phi) is 6.01.